The van der Waals surface area contributed by atoms with E-state index in [1.54, 1.807) is 0 Å². The van der Waals surface area contributed by atoms with E-state index in [4.69, 9.17) is 0 Å². The third-order valence-electron chi connectivity index (χ3n) is 7.24. The molecule has 0 fully saturated rings. The Balaban J connectivity index is 1.43. The largest absolute Gasteiger partial charge is 0.335 e. The van der Waals surface area contributed by atoms with E-state index in [1.165, 1.54) is 52.8 Å². The molecule has 1 aliphatic carbocycles. The lowest BCUT2D eigenvalue weighted by Crippen LogP contribution is -2.33. The second-order valence-electron chi connectivity index (χ2n) is 10.6. The lowest BCUT2D eigenvalue weighted by atomic mass is 9.75. The minimum Gasteiger partial charge on any atom is -0.335 e. The average Bonchev–Trinajstić information content (AvgIpc) is 3.39. The van der Waals surface area contributed by atoms with Crippen LogP contribution >= 0.6 is 23.1 Å². The van der Waals surface area contributed by atoms with Gasteiger partial charge in [-0.2, -0.15) is 4.57 Å². The molecule has 0 bridgehead atoms. The van der Waals surface area contributed by atoms with Crippen LogP contribution in [0, 0.1) is 5.41 Å². The minimum absolute atomic E-state index is 0.237. The number of benzene rings is 3. The van der Waals surface area contributed by atoms with Crippen LogP contribution in [0.2, 0.25) is 0 Å². The summed E-state index contributed by atoms with van der Waals surface area (Å²) in [5.41, 5.74) is 5.80. The molecule has 0 unspecified atom stereocenters. The highest BCUT2D eigenvalue weighted by atomic mass is 32.2. The van der Waals surface area contributed by atoms with Crippen molar-refractivity contribution in [3.05, 3.63) is 94.0 Å². The number of para-hydroxylation sites is 1. The summed E-state index contributed by atoms with van der Waals surface area (Å²) < 4.78 is 3.87. The summed E-state index contributed by atoms with van der Waals surface area (Å²) in [6, 6.07) is 22.1. The van der Waals surface area contributed by atoms with Gasteiger partial charge in [0.1, 0.15) is 11.2 Å². The maximum atomic E-state index is 2.51. The van der Waals surface area contributed by atoms with Gasteiger partial charge in [-0.1, -0.05) is 79.4 Å². The number of hydrogen-bond acceptors (Lipinski definition) is 3. The van der Waals surface area contributed by atoms with Crippen LogP contribution in [0.3, 0.4) is 0 Å². The van der Waals surface area contributed by atoms with Gasteiger partial charge in [0.2, 0.25) is 5.52 Å². The zero-order valence-electron chi connectivity index (χ0n) is 21.5. The van der Waals surface area contributed by atoms with Gasteiger partial charge in [0.05, 0.1) is 16.1 Å². The maximum absolute atomic E-state index is 2.51. The number of fused-ring (bicyclic) bond motifs is 4. The number of allylic oxidation sites excluding steroid dienone is 4. The van der Waals surface area contributed by atoms with Gasteiger partial charge in [-0.25, -0.2) is 0 Å². The number of anilines is 1. The molecule has 4 heteroatoms. The lowest BCUT2D eigenvalue weighted by Gasteiger charge is -2.31. The summed E-state index contributed by atoms with van der Waals surface area (Å²) in [5.74, 6) is 0. The Morgan fingerprint density at radius 2 is 1.75 bits per heavy atom. The SMILES string of the molecule is CCN1/C(=C/C2=CC(=C/c3sc4ccc5ccccc5c4[n+]3CC)/CC(C)(C)C2)Sc2ccccc21. The van der Waals surface area contributed by atoms with Gasteiger partial charge in [0.25, 0.3) is 5.01 Å². The van der Waals surface area contributed by atoms with E-state index in [2.05, 4.69) is 116 Å². The molecule has 0 amide bonds. The molecule has 6 rings (SSSR count). The Bertz CT molecular complexity index is 1570. The molecule has 0 spiro atoms. The van der Waals surface area contributed by atoms with Crippen LogP contribution < -0.4 is 9.47 Å². The van der Waals surface area contributed by atoms with Crippen LogP contribution in [0.25, 0.3) is 27.1 Å². The van der Waals surface area contributed by atoms with Gasteiger partial charge in [0.15, 0.2) is 0 Å². The first-order valence-corrected chi connectivity index (χ1v) is 14.6. The molecule has 182 valence electrons. The first kappa shape index (κ1) is 23.6. The van der Waals surface area contributed by atoms with E-state index in [0.29, 0.717) is 0 Å². The van der Waals surface area contributed by atoms with Gasteiger partial charge >= 0.3 is 0 Å². The molecule has 4 aromatic rings. The zero-order chi connectivity index (χ0) is 24.9. The van der Waals surface area contributed by atoms with Crippen LogP contribution in [-0.2, 0) is 6.54 Å². The van der Waals surface area contributed by atoms with E-state index < -0.39 is 0 Å². The molecule has 2 heterocycles. The minimum atomic E-state index is 0.237. The highest BCUT2D eigenvalue weighted by molar-refractivity contribution is 8.03. The Hall–Kier alpha value is -2.82. The molecule has 2 aliphatic rings. The molecule has 0 saturated heterocycles. The molecule has 2 nitrogen and oxygen atoms in total. The normalized spacial score (nSPS) is 19.4. The lowest BCUT2D eigenvalue weighted by molar-refractivity contribution is -0.664. The topological polar surface area (TPSA) is 7.12 Å². The summed E-state index contributed by atoms with van der Waals surface area (Å²) in [5, 5.41) is 5.35. The Morgan fingerprint density at radius 3 is 2.58 bits per heavy atom. The van der Waals surface area contributed by atoms with Crippen molar-refractivity contribution in [1.29, 1.82) is 0 Å². The van der Waals surface area contributed by atoms with Crippen molar-refractivity contribution >= 4 is 55.9 Å². The highest BCUT2D eigenvalue weighted by Crippen LogP contribution is 2.47. The summed E-state index contributed by atoms with van der Waals surface area (Å²) in [6.07, 6.45) is 9.56. The summed E-state index contributed by atoms with van der Waals surface area (Å²) in [6.45, 7) is 11.3. The molecule has 36 heavy (non-hydrogen) atoms. The quantitative estimate of drug-likeness (QED) is 0.253. The van der Waals surface area contributed by atoms with Crippen LogP contribution in [0.1, 0.15) is 45.5 Å². The zero-order valence-corrected chi connectivity index (χ0v) is 23.2. The third kappa shape index (κ3) is 4.21. The number of rotatable bonds is 4. The summed E-state index contributed by atoms with van der Waals surface area (Å²) in [7, 11) is 0. The van der Waals surface area contributed by atoms with Crippen LogP contribution in [-0.4, -0.2) is 6.54 Å². The molecule has 0 atom stereocenters. The second-order valence-corrected chi connectivity index (χ2v) is 12.7. The molecule has 0 N–H and O–H groups in total. The number of nitrogens with zero attached hydrogens (tertiary/aromatic N) is 2. The van der Waals surface area contributed by atoms with Crippen molar-refractivity contribution in [3.63, 3.8) is 0 Å². The van der Waals surface area contributed by atoms with Crippen molar-refractivity contribution in [2.75, 3.05) is 11.4 Å². The monoisotopic (exact) mass is 509 g/mol. The highest BCUT2D eigenvalue weighted by Gasteiger charge is 2.29. The molecule has 1 aromatic heterocycles. The predicted molar refractivity (Wildman–Crippen MR) is 158 cm³/mol. The van der Waals surface area contributed by atoms with E-state index >= 15 is 0 Å². The standard InChI is InChI=1S/C32H33N2S2/c1-5-33-26-13-9-10-14-27(26)35-29(33)18-22-17-23(21-32(3,4)20-22)19-30-34(6-2)31-25-12-8-7-11-24(25)15-16-28(31)36-30/h7-19H,5-6,20-21H2,1-4H3/q+1. The fraction of sp³-hybridized carbons (Fsp3) is 0.281. The van der Waals surface area contributed by atoms with E-state index in [-0.39, 0.29) is 5.41 Å². The van der Waals surface area contributed by atoms with Crippen LogP contribution in [0.5, 0.6) is 0 Å². The number of aryl methyl sites for hydroxylation is 1. The predicted octanol–water partition coefficient (Wildman–Crippen LogP) is 8.97. The molecule has 1 aliphatic heterocycles. The van der Waals surface area contributed by atoms with Crippen LogP contribution in [0.15, 0.2) is 93.9 Å². The van der Waals surface area contributed by atoms with Gasteiger partial charge in [-0.05, 0) is 79.0 Å². The van der Waals surface area contributed by atoms with Gasteiger partial charge in [0, 0.05) is 17.5 Å². The average molecular weight is 510 g/mol. The number of hydrogen-bond donors (Lipinski definition) is 0. The molecule has 0 radical (unpaired) electrons. The summed E-state index contributed by atoms with van der Waals surface area (Å²) >= 11 is 3.82. The molecule has 0 saturated carbocycles. The second kappa shape index (κ2) is 9.24. The van der Waals surface area contributed by atoms with Crippen molar-refractivity contribution in [2.24, 2.45) is 5.41 Å². The summed E-state index contributed by atoms with van der Waals surface area (Å²) in [4.78, 5) is 3.81. The number of thioether (sulfide) groups is 1. The van der Waals surface area contributed by atoms with Crippen molar-refractivity contribution in [3.8, 4) is 0 Å². The van der Waals surface area contributed by atoms with E-state index in [0.717, 1.165) is 25.9 Å². The Kier molecular flexibility index (Phi) is 6.05. The fourth-order valence-electron chi connectivity index (χ4n) is 5.79. The molecular weight excluding hydrogens is 477 g/mol. The molecule has 3 aromatic carbocycles. The van der Waals surface area contributed by atoms with Crippen molar-refractivity contribution < 1.29 is 4.57 Å². The van der Waals surface area contributed by atoms with E-state index in [1.807, 2.05) is 23.1 Å². The van der Waals surface area contributed by atoms with Gasteiger partial charge < -0.3 is 4.90 Å². The van der Waals surface area contributed by atoms with E-state index in [9.17, 15) is 0 Å². The van der Waals surface area contributed by atoms with Crippen LogP contribution in [0.4, 0.5) is 5.69 Å². The first-order valence-electron chi connectivity index (χ1n) is 13.0. The van der Waals surface area contributed by atoms with Crippen molar-refractivity contribution in [1.82, 2.24) is 0 Å². The maximum Gasteiger partial charge on any atom is 0.263 e. The van der Waals surface area contributed by atoms with Gasteiger partial charge in [-0.15, -0.1) is 0 Å². The third-order valence-corrected chi connectivity index (χ3v) is 9.45. The fourth-order valence-corrected chi connectivity index (χ4v) is 8.21. The number of thiazole rings is 1. The first-order chi connectivity index (χ1) is 17.5. The van der Waals surface area contributed by atoms with Gasteiger partial charge in [-0.3, -0.25) is 0 Å². The Labute approximate surface area is 222 Å². The number of aromatic nitrogens is 1. The smallest absolute Gasteiger partial charge is 0.263 e. The Morgan fingerprint density at radius 1 is 0.944 bits per heavy atom. The van der Waals surface area contributed by atoms with Crippen molar-refractivity contribution in [2.45, 2.75) is 52.0 Å². The molecular formula is C32H33N2S2+.